The lowest BCUT2D eigenvalue weighted by Crippen LogP contribution is -2.34. The van der Waals surface area contributed by atoms with E-state index in [4.69, 9.17) is 10.5 Å². The van der Waals surface area contributed by atoms with Gasteiger partial charge < -0.3 is 15.8 Å². The van der Waals surface area contributed by atoms with E-state index in [9.17, 15) is 9.59 Å². The Labute approximate surface area is 124 Å². The molecule has 0 radical (unpaired) electrons. The molecule has 2 atom stereocenters. The zero-order chi connectivity index (χ0) is 15.4. The predicted molar refractivity (Wildman–Crippen MR) is 81.1 cm³/mol. The molecule has 114 valence electrons. The zero-order valence-electron chi connectivity index (χ0n) is 12.5. The van der Waals surface area contributed by atoms with Crippen LogP contribution in [0.1, 0.15) is 41.6 Å². The Morgan fingerprint density at radius 1 is 1.33 bits per heavy atom. The molecular formula is C16H22N2O3. The van der Waals surface area contributed by atoms with E-state index >= 15 is 0 Å². The first kappa shape index (κ1) is 15.5. The average molecular weight is 290 g/mol. The standard InChI is InChI=1S/C16H22N2O3/c1-10-6-7-14(13(8-10)16(20)21-2)18-15(19)11-4-3-5-12(17)9-11/h6-8,11-12H,3-5,9,17H2,1-2H3,(H,18,19). The van der Waals surface area contributed by atoms with E-state index in [1.807, 2.05) is 13.0 Å². The minimum Gasteiger partial charge on any atom is -0.465 e. The summed E-state index contributed by atoms with van der Waals surface area (Å²) in [6.07, 6.45) is 3.49. The van der Waals surface area contributed by atoms with E-state index in [1.54, 1.807) is 12.1 Å². The largest absolute Gasteiger partial charge is 0.465 e. The number of hydrogen-bond donors (Lipinski definition) is 2. The van der Waals surface area contributed by atoms with Gasteiger partial charge in [0.2, 0.25) is 5.91 Å². The number of benzene rings is 1. The lowest BCUT2D eigenvalue weighted by Gasteiger charge is -2.26. The second kappa shape index (κ2) is 6.72. The lowest BCUT2D eigenvalue weighted by atomic mass is 9.85. The molecule has 1 amide bonds. The fourth-order valence-electron chi connectivity index (χ4n) is 2.75. The highest BCUT2D eigenvalue weighted by atomic mass is 16.5. The van der Waals surface area contributed by atoms with Gasteiger partial charge in [-0.25, -0.2) is 4.79 Å². The van der Waals surface area contributed by atoms with Gasteiger partial charge in [0.25, 0.3) is 0 Å². The van der Waals surface area contributed by atoms with Gasteiger partial charge in [-0.3, -0.25) is 4.79 Å². The van der Waals surface area contributed by atoms with E-state index in [1.165, 1.54) is 7.11 Å². The first-order valence-electron chi connectivity index (χ1n) is 7.26. The Hall–Kier alpha value is -1.88. The summed E-state index contributed by atoms with van der Waals surface area (Å²) in [6, 6.07) is 5.40. The van der Waals surface area contributed by atoms with Crippen molar-refractivity contribution in [3.05, 3.63) is 29.3 Å². The van der Waals surface area contributed by atoms with Gasteiger partial charge in [0.1, 0.15) is 0 Å². The second-order valence-electron chi connectivity index (χ2n) is 5.65. The van der Waals surface area contributed by atoms with E-state index in [0.29, 0.717) is 17.7 Å². The normalized spacial score (nSPS) is 21.7. The third kappa shape index (κ3) is 3.82. The van der Waals surface area contributed by atoms with Crippen molar-refractivity contribution in [1.29, 1.82) is 0 Å². The molecule has 5 nitrogen and oxygen atoms in total. The van der Waals surface area contributed by atoms with Crippen molar-refractivity contribution in [2.45, 2.75) is 38.6 Å². The van der Waals surface area contributed by atoms with Crippen LogP contribution in [-0.4, -0.2) is 25.0 Å². The third-order valence-corrected chi connectivity index (χ3v) is 3.92. The molecule has 0 aromatic heterocycles. The Morgan fingerprint density at radius 3 is 2.76 bits per heavy atom. The minimum absolute atomic E-state index is 0.0702. The quantitative estimate of drug-likeness (QED) is 0.836. The average Bonchev–Trinajstić information content (AvgIpc) is 2.48. The smallest absolute Gasteiger partial charge is 0.339 e. The summed E-state index contributed by atoms with van der Waals surface area (Å²) in [5, 5.41) is 2.85. The fraction of sp³-hybridized carbons (Fsp3) is 0.500. The van der Waals surface area contributed by atoms with Crippen LogP contribution in [0.25, 0.3) is 0 Å². The maximum absolute atomic E-state index is 12.3. The number of anilines is 1. The molecule has 0 heterocycles. The summed E-state index contributed by atoms with van der Waals surface area (Å²) in [4.78, 5) is 24.1. The Kier molecular flexibility index (Phi) is 4.96. The molecule has 1 aliphatic carbocycles. The topological polar surface area (TPSA) is 81.4 Å². The van der Waals surface area contributed by atoms with Crippen LogP contribution in [0.4, 0.5) is 5.69 Å². The first-order chi connectivity index (χ1) is 10.0. The minimum atomic E-state index is -0.450. The predicted octanol–water partition coefficient (Wildman–Crippen LogP) is 2.24. The number of carbonyl (C=O) groups excluding carboxylic acids is 2. The monoisotopic (exact) mass is 290 g/mol. The van der Waals surface area contributed by atoms with Crippen molar-refractivity contribution in [2.24, 2.45) is 11.7 Å². The van der Waals surface area contributed by atoms with Gasteiger partial charge in [-0.2, -0.15) is 0 Å². The Balaban J connectivity index is 2.15. The van der Waals surface area contributed by atoms with Gasteiger partial charge in [0.15, 0.2) is 0 Å². The summed E-state index contributed by atoms with van der Waals surface area (Å²) in [6.45, 7) is 1.89. The Bertz CT molecular complexity index is 542. The molecule has 1 saturated carbocycles. The molecule has 2 rings (SSSR count). The van der Waals surface area contributed by atoms with Crippen molar-refractivity contribution in [3.63, 3.8) is 0 Å². The van der Waals surface area contributed by atoms with Gasteiger partial charge in [-0.1, -0.05) is 18.1 Å². The highest BCUT2D eigenvalue weighted by molar-refractivity contribution is 6.02. The van der Waals surface area contributed by atoms with Gasteiger partial charge in [-0.05, 0) is 38.3 Å². The van der Waals surface area contributed by atoms with Crippen molar-refractivity contribution in [2.75, 3.05) is 12.4 Å². The number of aryl methyl sites for hydroxylation is 1. The molecule has 5 heteroatoms. The highest BCUT2D eigenvalue weighted by Gasteiger charge is 2.26. The summed E-state index contributed by atoms with van der Waals surface area (Å²) in [5.74, 6) is -0.603. The molecule has 3 N–H and O–H groups in total. The van der Waals surface area contributed by atoms with E-state index in [0.717, 1.165) is 24.8 Å². The summed E-state index contributed by atoms with van der Waals surface area (Å²) in [7, 11) is 1.33. The van der Waals surface area contributed by atoms with Crippen LogP contribution in [0.2, 0.25) is 0 Å². The van der Waals surface area contributed by atoms with Crippen LogP contribution in [0.15, 0.2) is 18.2 Å². The van der Waals surface area contributed by atoms with E-state index in [2.05, 4.69) is 5.32 Å². The number of ether oxygens (including phenoxy) is 1. The second-order valence-corrected chi connectivity index (χ2v) is 5.65. The number of carbonyl (C=O) groups is 2. The summed E-state index contributed by atoms with van der Waals surface area (Å²) in [5.41, 5.74) is 7.74. The van der Waals surface area contributed by atoms with Gasteiger partial charge in [0, 0.05) is 12.0 Å². The number of amides is 1. The summed E-state index contributed by atoms with van der Waals surface area (Å²) >= 11 is 0. The number of nitrogens with one attached hydrogen (secondary N) is 1. The van der Waals surface area contributed by atoms with Crippen LogP contribution in [0.3, 0.4) is 0 Å². The zero-order valence-corrected chi connectivity index (χ0v) is 12.5. The SMILES string of the molecule is COC(=O)c1cc(C)ccc1NC(=O)C1CCCC(N)C1. The van der Waals surface area contributed by atoms with Crippen molar-refractivity contribution < 1.29 is 14.3 Å². The van der Waals surface area contributed by atoms with Crippen LogP contribution in [0, 0.1) is 12.8 Å². The Morgan fingerprint density at radius 2 is 2.10 bits per heavy atom. The maximum Gasteiger partial charge on any atom is 0.339 e. The van der Waals surface area contributed by atoms with Crippen LogP contribution in [-0.2, 0) is 9.53 Å². The van der Waals surface area contributed by atoms with Crippen LogP contribution in [0.5, 0.6) is 0 Å². The van der Waals surface area contributed by atoms with Crippen molar-refractivity contribution in [1.82, 2.24) is 0 Å². The van der Waals surface area contributed by atoms with Crippen molar-refractivity contribution >= 4 is 17.6 Å². The molecule has 0 aliphatic heterocycles. The molecule has 2 unspecified atom stereocenters. The molecule has 1 aliphatic rings. The van der Waals surface area contributed by atoms with Gasteiger partial charge in [-0.15, -0.1) is 0 Å². The molecule has 21 heavy (non-hydrogen) atoms. The van der Waals surface area contributed by atoms with Crippen LogP contribution < -0.4 is 11.1 Å². The number of esters is 1. The maximum atomic E-state index is 12.3. The van der Waals surface area contributed by atoms with Crippen molar-refractivity contribution in [3.8, 4) is 0 Å². The summed E-state index contributed by atoms with van der Waals surface area (Å²) < 4.78 is 4.77. The number of hydrogen-bond acceptors (Lipinski definition) is 4. The molecular weight excluding hydrogens is 268 g/mol. The van der Waals surface area contributed by atoms with Crippen LogP contribution >= 0.6 is 0 Å². The first-order valence-corrected chi connectivity index (χ1v) is 7.26. The molecule has 1 aromatic carbocycles. The molecule has 1 aromatic rings. The van der Waals surface area contributed by atoms with Gasteiger partial charge >= 0.3 is 5.97 Å². The fourth-order valence-corrected chi connectivity index (χ4v) is 2.75. The van der Waals surface area contributed by atoms with E-state index in [-0.39, 0.29) is 17.9 Å². The molecule has 0 saturated heterocycles. The van der Waals surface area contributed by atoms with E-state index < -0.39 is 5.97 Å². The third-order valence-electron chi connectivity index (χ3n) is 3.92. The highest BCUT2D eigenvalue weighted by Crippen LogP contribution is 2.26. The number of rotatable bonds is 3. The molecule has 1 fully saturated rings. The lowest BCUT2D eigenvalue weighted by molar-refractivity contribution is -0.120. The van der Waals surface area contributed by atoms with Gasteiger partial charge in [0.05, 0.1) is 18.4 Å². The number of nitrogens with two attached hydrogens (primary N) is 1. The molecule has 0 bridgehead atoms. The number of methoxy groups -OCH3 is 1. The molecule has 0 spiro atoms.